The van der Waals surface area contributed by atoms with Gasteiger partial charge in [0.1, 0.15) is 5.69 Å². The molecule has 2 aromatic rings. The second kappa shape index (κ2) is 6.38. The molecule has 0 radical (unpaired) electrons. The van der Waals surface area contributed by atoms with Gasteiger partial charge in [-0.05, 0) is 24.3 Å². The summed E-state index contributed by atoms with van der Waals surface area (Å²) < 4.78 is 0. The predicted octanol–water partition coefficient (Wildman–Crippen LogP) is 0.792. The van der Waals surface area contributed by atoms with Crippen LogP contribution >= 0.6 is 0 Å². The van der Waals surface area contributed by atoms with Gasteiger partial charge in [-0.2, -0.15) is 0 Å². The van der Waals surface area contributed by atoms with Gasteiger partial charge in [0.2, 0.25) is 5.60 Å². The monoisotopic (exact) mass is 335 g/mol. The molecule has 1 aliphatic rings. The largest absolute Gasteiger partial charge is 0.369 e. The zero-order valence-electron chi connectivity index (χ0n) is 13.7. The number of nitrogens with zero attached hydrogens (tertiary/aromatic N) is 2. The second-order valence-electron chi connectivity index (χ2n) is 5.94. The van der Waals surface area contributed by atoms with E-state index in [-0.39, 0.29) is 18.0 Å². The molecule has 1 atom stereocenters. The van der Waals surface area contributed by atoms with Gasteiger partial charge in [-0.3, -0.25) is 9.59 Å². The number of likely N-dealkylation sites (tertiary alicyclic amines) is 1. The Labute approximate surface area is 145 Å². The Hall–Kier alpha value is -3.17. The molecule has 0 bridgehead atoms. The lowest BCUT2D eigenvalue weighted by Gasteiger charge is -2.13. The third-order valence-corrected chi connectivity index (χ3v) is 4.08. The predicted molar refractivity (Wildman–Crippen MR) is 92.3 cm³/mol. The zero-order chi connectivity index (χ0) is 18.0. The van der Waals surface area contributed by atoms with E-state index in [0.29, 0.717) is 17.8 Å². The fraction of sp³-hybridized carbons (Fsp3) is 0.211. The maximum Gasteiger partial charge on any atom is 0.267 e. The van der Waals surface area contributed by atoms with Crippen LogP contribution in [0.1, 0.15) is 22.5 Å². The summed E-state index contributed by atoms with van der Waals surface area (Å²) >= 11 is 0. The van der Waals surface area contributed by atoms with Crippen molar-refractivity contribution in [2.75, 3.05) is 13.6 Å². The summed E-state index contributed by atoms with van der Waals surface area (Å²) in [6.07, 6.45) is 0.289. The summed E-state index contributed by atoms with van der Waals surface area (Å²) in [5.41, 5.74) is 5.80. The first-order chi connectivity index (χ1) is 11.9. The van der Waals surface area contributed by atoms with Gasteiger partial charge in [-0.1, -0.05) is 30.0 Å². The van der Waals surface area contributed by atoms with E-state index in [1.165, 1.54) is 4.90 Å². The molecule has 25 heavy (non-hydrogen) atoms. The summed E-state index contributed by atoms with van der Waals surface area (Å²) in [4.78, 5) is 28.9. The number of likely N-dealkylation sites (N-methyl/N-ethyl adjacent to an activating group) is 1. The summed E-state index contributed by atoms with van der Waals surface area (Å²) in [5.74, 6) is 4.57. The number of rotatable bonds is 2. The van der Waals surface area contributed by atoms with Crippen LogP contribution in [0.4, 0.5) is 0 Å². The van der Waals surface area contributed by atoms with E-state index in [9.17, 15) is 14.7 Å². The fourth-order valence-corrected chi connectivity index (χ4v) is 2.63. The maximum absolute atomic E-state index is 12.0. The Morgan fingerprint density at radius 3 is 2.76 bits per heavy atom. The highest BCUT2D eigenvalue weighted by Crippen LogP contribution is 2.22. The number of benzene rings is 1. The Bertz CT molecular complexity index is 913. The number of carbonyl (C=O) groups excluding carboxylic acids is 2. The number of nitrogens with two attached hydrogens (primary N) is 1. The van der Waals surface area contributed by atoms with E-state index in [1.54, 1.807) is 43.4 Å². The van der Waals surface area contributed by atoms with E-state index >= 15 is 0 Å². The molecule has 2 amide bonds. The molecule has 1 aromatic carbocycles. The normalized spacial score (nSPS) is 19.4. The molecule has 6 heteroatoms. The number of primary amides is 1. The van der Waals surface area contributed by atoms with E-state index in [0.717, 1.165) is 5.56 Å². The molecule has 3 N–H and O–H groups in total. The number of hydrogen-bond donors (Lipinski definition) is 2. The van der Waals surface area contributed by atoms with Gasteiger partial charge in [-0.25, -0.2) is 4.98 Å². The number of aliphatic hydroxyl groups is 1. The van der Waals surface area contributed by atoms with Crippen LogP contribution < -0.4 is 5.73 Å². The molecule has 0 spiro atoms. The molecule has 1 aromatic heterocycles. The molecule has 1 saturated heterocycles. The molecule has 6 nitrogen and oxygen atoms in total. The van der Waals surface area contributed by atoms with Crippen molar-refractivity contribution in [2.45, 2.75) is 12.0 Å². The van der Waals surface area contributed by atoms with Crippen molar-refractivity contribution in [3.63, 3.8) is 0 Å². The quantitative estimate of drug-likeness (QED) is 0.793. The van der Waals surface area contributed by atoms with Crippen molar-refractivity contribution in [3.8, 4) is 23.1 Å². The van der Waals surface area contributed by atoms with Gasteiger partial charge >= 0.3 is 0 Å². The summed E-state index contributed by atoms with van der Waals surface area (Å²) in [6, 6.07) is 12.2. The topological polar surface area (TPSA) is 96.5 Å². The molecule has 2 heterocycles. The molecule has 1 aliphatic heterocycles. The Kier molecular flexibility index (Phi) is 4.26. The molecule has 126 valence electrons. The lowest BCUT2D eigenvalue weighted by Crippen LogP contribution is -2.37. The van der Waals surface area contributed by atoms with Crippen molar-refractivity contribution in [1.82, 2.24) is 9.88 Å². The molecule has 0 saturated carbocycles. The lowest BCUT2D eigenvalue weighted by atomic mass is 10.0. The summed E-state index contributed by atoms with van der Waals surface area (Å²) in [7, 11) is 1.64. The van der Waals surface area contributed by atoms with Crippen molar-refractivity contribution >= 4 is 11.8 Å². The fourth-order valence-electron chi connectivity index (χ4n) is 2.63. The third kappa shape index (κ3) is 3.37. The van der Waals surface area contributed by atoms with Gasteiger partial charge in [0.25, 0.3) is 11.8 Å². The molecule has 1 unspecified atom stereocenters. The standard InChI is InChI=1S/C19H17N3O3/c1-22-11-10-19(25,18(22)24)9-8-13-4-2-5-14(12-13)15-6-3-7-16(21-15)17(20)23/h2-7,12,25H,10-11H2,1H3,(H2,20,23). The van der Waals surface area contributed by atoms with E-state index in [1.807, 2.05) is 6.07 Å². The molecule has 1 fully saturated rings. The van der Waals surface area contributed by atoms with Crippen molar-refractivity contribution in [2.24, 2.45) is 5.73 Å². The van der Waals surface area contributed by atoms with Gasteiger partial charge < -0.3 is 15.7 Å². The summed E-state index contributed by atoms with van der Waals surface area (Å²) in [6.45, 7) is 0.480. The van der Waals surface area contributed by atoms with Crippen LogP contribution in [0.2, 0.25) is 0 Å². The van der Waals surface area contributed by atoms with Crippen LogP contribution in [0.15, 0.2) is 42.5 Å². The zero-order valence-corrected chi connectivity index (χ0v) is 13.7. The average molecular weight is 335 g/mol. The number of hydrogen-bond acceptors (Lipinski definition) is 4. The Morgan fingerprint density at radius 1 is 1.32 bits per heavy atom. The first-order valence-corrected chi connectivity index (χ1v) is 7.77. The Morgan fingerprint density at radius 2 is 2.08 bits per heavy atom. The molecular weight excluding hydrogens is 318 g/mol. The number of carbonyl (C=O) groups is 2. The second-order valence-corrected chi connectivity index (χ2v) is 5.94. The first-order valence-electron chi connectivity index (χ1n) is 7.77. The van der Waals surface area contributed by atoms with Crippen molar-refractivity contribution < 1.29 is 14.7 Å². The minimum Gasteiger partial charge on any atom is -0.369 e. The lowest BCUT2D eigenvalue weighted by molar-refractivity contribution is -0.137. The number of pyridine rings is 1. The number of amides is 2. The first kappa shape index (κ1) is 16.7. The summed E-state index contributed by atoms with van der Waals surface area (Å²) in [5, 5.41) is 10.3. The van der Waals surface area contributed by atoms with E-state index in [4.69, 9.17) is 5.73 Å². The van der Waals surface area contributed by atoms with Gasteiger partial charge in [0, 0.05) is 31.1 Å². The van der Waals surface area contributed by atoms with E-state index < -0.39 is 11.5 Å². The average Bonchev–Trinajstić information content (AvgIpc) is 2.88. The minimum atomic E-state index is -1.63. The van der Waals surface area contributed by atoms with Gasteiger partial charge in [-0.15, -0.1) is 0 Å². The van der Waals surface area contributed by atoms with Crippen LogP contribution in [0.5, 0.6) is 0 Å². The van der Waals surface area contributed by atoms with Gasteiger partial charge in [0.15, 0.2) is 0 Å². The van der Waals surface area contributed by atoms with E-state index in [2.05, 4.69) is 16.8 Å². The molecular formula is C19H17N3O3. The van der Waals surface area contributed by atoms with Crippen LogP contribution in [-0.2, 0) is 4.79 Å². The Balaban J connectivity index is 1.91. The SMILES string of the molecule is CN1CCC(O)(C#Cc2cccc(-c3cccc(C(N)=O)n3)c2)C1=O. The van der Waals surface area contributed by atoms with Crippen LogP contribution in [0, 0.1) is 11.8 Å². The van der Waals surface area contributed by atoms with Crippen molar-refractivity contribution in [3.05, 3.63) is 53.7 Å². The highest BCUT2D eigenvalue weighted by atomic mass is 16.3. The van der Waals surface area contributed by atoms with Crippen molar-refractivity contribution in [1.29, 1.82) is 0 Å². The molecule has 0 aliphatic carbocycles. The highest BCUT2D eigenvalue weighted by molar-refractivity contribution is 5.91. The highest BCUT2D eigenvalue weighted by Gasteiger charge is 2.42. The minimum absolute atomic E-state index is 0.183. The maximum atomic E-state index is 12.0. The van der Waals surface area contributed by atoms with Crippen LogP contribution in [0.3, 0.4) is 0 Å². The van der Waals surface area contributed by atoms with Gasteiger partial charge in [0.05, 0.1) is 5.69 Å². The number of aromatic nitrogens is 1. The molecule has 3 rings (SSSR count). The van der Waals surface area contributed by atoms with Crippen LogP contribution in [0.25, 0.3) is 11.3 Å². The van der Waals surface area contributed by atoms with Crippen LogP contribution in [-0.4, -0.2) is 46.0 Å². The smallest absolute Gasteiger partial charge is 0.267 e. The third-order valence-electron chi connectivity index (χ3n) is 4.08.